The molecule has 168 valence electrons. The van der Waals surface area contributed by atoms with Gasteiger partial charge in [-0.05, 0) is 36.2 Å². The maximum atomic E-state index is 14.5. The van der Waals surface area contributed by atoms with Crippen LogP contribution in [0.4, 0.5) is 10.2 Å². The Bertz CT molecular complexity index is 1320. The summed E-state index contributed by atoms with van der Waals surface area (Å²) in [7, 11) is 0. The monoisotopic (exact) mass is 444 g/mol. The van der Waals surface area contributed by atoms with E-state index in [-0.39, 0.29) is 12.4 Å². The lowest BCUT2D eigenvalue weighted by Crippen LogP contribution is -2.07. The standard InChI is InChI=1S/C24H19FN4O2.C2H6/c1-14-8-15(13-30)2-3-16(14)18-9-26-24(21-12-29-28-11-19(18)21)27-10-20-17-6-7-31-23(17)5-4-22(20)25;1-2/h2-5,8-9,11-13H,6-7,10H2,1H3,(H,26,27);1-2H3. The summed E-state index contributed by atoms with van der Waals surface area (Å²) >= 11 is 0. The summed E-state index contributed by atoms with van der Waals surface area (Å²) in [5.41, 5.74) is 4.94. The van der Waals surface area contributed by atoms with E-state index in [1.54, 1.807) is 30.7 Å². The number of aromatic nitrogens is 3. The van der Waals surface area contributed by atoms with Crippen LogP contribution < -0.4 is 10.1 Å². The first-order valence-corrected chi connectivity index (χ1v) is 11.0. The Balaban J connectivity index is 0.00000126. The minimum atomic E-state index is -0.261. The zero-order valence-corrected chi connectivity index (χ0v) is 18.9. The summed E-state index contributed by atoms with van der Waals surface area (Å²) in [6, 6.07) is 8.65. The van der Waals surface area contributed by atoms with E-state index in [2.05, 4.69) is 20.5 Å². The molecule has 0 atom stereocenters. The second-order valence-electron chi connectivity index (χ2n) is 7.48. The average molecular weight is 445 g/mol. The number of rotatable bonds is 5. The first-order valence-electron chi connectivity index (χ1n) is 11.0. The summed E-state index contributed by atoms with van der Waals surface area (Å²) < 4.78 is 20.0. The van der Waals surface area contributed by atoms with Crippen LogP contribution in [-0.2, 0) is 13.0 Å². The summed E-state index contributed by atoms with van der Waals surface area (Å²) in [6.45, 7) is 6.81. The third-order valence-electron chi connectivity index (χ3n) is 5.65. The number of hydrogen-bond donors (Lipinski definition) is 1. The number of aldehydes is 1. The van der Waals surface area contributed by atoms with Gasteiger partial charge in [0.05, 0.1) is 19.0 Å². The van der Waals surface area contributed by atoms with Gasteiger partial charge in [0.15, 0.2) is 0 Å². The van der Waals surface area contributed by atoms with E-state index < -0.39 is 0 Å². The van der Waals surface area contributed by atoms with Crippen LogP contribution in [-0.4, -0.2) is 28.1 Å². The quantitative estimate of drug-likeness (QED) is 0.408. The van der Waals surface area contributed by atoms with E-state index in [4.69, 9.17) is 4.74 Å². The molecule has 2 aromatic heterocycles. The number of nitrogens with one attached hydrogen (secondary N) is 1. The highest BCUT2D eigenvalue weighted by atomic mass is 19.1. The predicted octanol–water partition coefficient (Wildman–Crippen LogP) is 5.53. The molecule has 6 nitrogen and oxygen atoms in total. The molecule has 1 aliphatic rings. The molecular weight excluding hydrogens is 419 g/mol. The van der Waals surface area contributed by atoms with Gasteiger partial charge < -0.3 is 10.1 Å². The van der Waals surface area contributed by atoms with Crippen LogP contribution in [0.1, 0.15) is 40.9 Å². The lowest BCUT2D eigenvalue weighted by Gasteiger charge is -2.14. The topological polar surface area (TPSA) is 77.0 Å². The molecule has 0 amide bonds. The Labute approximate surface area is 191 Å². The van der Waals surface area contributed by atoms with Crippen LogP contribution in [0.5, 0.6) is 5.75 Å². The zero-order valence-electron chi connectivity index (χ0n) is 18.9. The molecule has 3 heterocycles. The van der Waals surface area contributed by atoms with Gasteiger partial charge in [-0.3, -0.25) is 4.79 Å². The van der Waals surface area contributed by atoms with Crippen molar-refractivity contribution in [2.45, 2.75) is 33.7 Å². The Hall–Kier alpha value is -3.87. The molecule has 1 N–H and O–H groups in total. The lowest BCUT2D eigenvalue weighted by atomic mass is 9.97. The van der Waals surface area contributed by atoms with Crippen molar-refractivity contribution in [2.75, 3.05) is 11.9 Å². The maximum absolute atomic E-state index is 14.5. The van der Waals surface area contributed by atoms with E-state index in [0.717, 1.165) is 45.1 Å². The number of halogens is 1. The molecule has 0 saturated heterocycles. The number of ether oxygens (including phenoxy) is 1. The van der Waals surface area contributed by atoms with E-state index in [9.17, 15) is 9.18 Å². The van der Waals surface area contributed by atoms with Gasteiger partial charge >= 0.3 is 0 Å². The maximum Gasteiger partial charge on any atom is 0.150 e. The minimum Gasteiger partial charge on any atom is -0.493 e. The molecule has 0 fully saturated rings. The normalized spacial score (nSPS) is 11.9. The van der Waals surface area contributed by atoms with Crippen molar-refractivity contribution < 1.29 is 13.9 Å². The number of carbonyl (C=O) groups is 1. The molecule has 0 spiro atoms. The van der Waals surface area contributed by atoms with Crippen LogP contribution in [0.15, 0.2) is 48.9 Å². The summed E-state index contributed by atoms with van der Waals surface area (Å²) in [4.78, 5) is 15.7. The summed E-state index contributed by atoms with van der Waals surface area (Å²) in [5, 5.41) is 13.0. The Morgan fingerprint density at radius 2 is 1.85 bits per heavy atom. The molecular formula is C26H25FN4O2. The van der Waals surface area contributed by atoms with E-state index in [1.807, 2.05) is 32.9 Å². The second-order valence-corrected chi connectivity index (χ2v) is 7.48. The van der Waals surface area contributed by atoms with Crippen molar-refractivity contribution in [3.63, 3.8) is 0 Å². The number of hydrogen-bond acceptors (Lipinski definition) is 6. The molecule has 7 heteroatoms. The average Bonchev–Trinajstić information content (AvgIpc) is 3.34. The first-order chi connectivity index (χ1) is 16.2. The van der Waals surface area contributed by atoms with Gasteiger partial charge in [-0.15, -0.1) is 0 Å². The SMILES string of the molecule is CC.Cc1cc(C=O)ccc1-c1cnc(NCc2c(F)ccc3c2CCO3)c2cnncc12. The van der Waals surface area contributed by atoms with Gasteiger partial charge in [-0.1, -0.05) is 26.0 Å². The Morgan fingerprint density at radius 3 is 2.61 bits per heavy atom. The number of nitrogens with zero attached hydrogens (tertiary/aromatic N) is 3. The second kappa shape index (κ2) is 9.73. The molecule has 0 bridgehead atoms. The highest BCUT2D eigenvalue weighted by molar-refractivity contribution is 6.01. The fourth-order valence-electron chi connectivity index (χ4n) is 4.09. The Morgan fingerprint density at radius 1 is 1.06 bits per heavy atom. The molecule has 33 heavy (non-hydrogen) atoms. The van der Waals surface area contributed by atoms with Crippen LogP contribution in [0.25, 0.3) is 21.9 Å². The van der Waals surface area contributed by atoms with Crippen molar-refractivity contribution in [1.29, 1.82) is 0 Å². The van der Waals surface area contributed by atoms with Crippen molar-refractivity contribution >= 4 is 22.9 Å². The molecule has 1 aliphatic heterocycles. The molecule has 4 aromatic rings. The van der Waals surface area contributed by atoms with Gasteiger partial charge in [0.25, 0.3) is 0 Å². The van der Waals surface area contributed by atoms with E-state index >= 15 is 0 Å². The van der Waals surface area contributed by atoms with E-state index in [0.29, 0.717) is 30.0 Å². The van der Waals surface area contributed by atoms with Gasteiger partial charge in [0, 0.05) is 52.2 Å². The van der Waals surface area contributed by atoms with Crippen molar-refractivity contribution in [3.05, 3.63) is 77.0 Å². The molecule has 0 unspecified atom stereocenters. The first kappa shape index (κ1) is 22.3. The third-order valence-corrected chi connectivity index (χ3v) is 5.65. The number of pyridine rings is 1. The summed E-state index contributed by atoms with van der Waals surface area (Å²) in [6.07, 6.45) is 6.64. The molecule has 5 rings (SSSR count). The number of benzene rings is 2. The predicted molar refractivity (Wildman–Crippen MR) is 127 cm³/mol. The zero-order chi connectivity index (χ0) is 23.4. The largest absolute Gasteiger partial charge is 0.493 e. The van der Waals surface area contributed by atoms with E-state index in [1.165, 1.54) is 6.07 Å². The fourth-order valence-corrected chi connectivity index (χ4v) is 4.09. The smallest absolute Gasteiger partial charge is 0.150 e. The Kier molecular flexibility index (Phi) is 6.58. The molecule has 0 saturated carbocycles. The summed E-state index contributed by atoms with van der Waals surface area (Å²) in [5.74, 6) is 1.08. The molecule has 0 aliphatic carbocycles. The van der Waals surface area contributed by atoms with Crippen LogP contribution in [0.2, 0.25) is 0 Å². The van der Waals surface area contributed by atoms with Crippen molar-refractivity contribution in [3.8, 4) is 16.9 Å². The number of fused-ring (bicyclic) bond motifs is 2. The van der Waals surface area contributed by atoms with Crippen molar-refractivity contribution in [1.82, 2.24) is 15.2 Å². The van der Waals surface area contributed by atoms with Crippen LogP contribution >= 0.6 is 0 Å². The fraction of sp³-hybridized carbons (Fsp3) is 0.231. The number of carbonyl (C=O) groups excluding carboxylic acids is 1. The van der Waals surface area contributed by atoms with Crippen LogP contribution in [0, 0.1) is 12.7 Å². The number of aryl methyl sites for hydroxylation is 1. The van der Waals surface area contributed by atoms with Gasteiger partial charge in [0.2, 0.25) is 0 Å². The highest BCUT2D eigenvalue weighted by Gasteiger charge is 2.20. The van der Waals surface area contributed by atoms with Crippen molar-refractivity contribution in [2.24, 2.45) is 0 Å². The lowest BCUT2D eigenvalue weighted by molar-refractivity contribution is 0.112. The molecule has 2 aromatic carbocycles. The molecule has 0 radical (unpaired) electrons. The van der Waals surface area contributed by atoms with Crippen LogP contribution in [0.3, 0.4) is 0 Å². The minimum absolute atomic E-state index is 0.261. The van der Waals surface area contributed by atoms with Gasteiger partial charge in [-0.25, -0.2) is 9.37 Å². The van der Waals surface area contributed by atoms with Gasteiger partial charge in [-0.2, -0.15) is 10.2 Å². The van der Waals surface area contributed by atoms with Gasteiger partial charge in [0.1, 0.15) is 23.7 Å². The highest BCUT2D eigenvalue weighted by Crippen LogP contribution is 2.34. The third kappa shape index (κ3) is 4.26. The number of anilines is 1.